The lowest BCUT2D eigenvalue weighted by Gasteiger charge is -2.25. The van der Waals surface area contributed by atoms with Gasteiger partial charge >= 0.3 is 12.4 Å². The van der Waals surface area contributed by atoms with Gasteiger partial charge in [0.1, 0.15) is 5.82 Å². The normalized spacial score (nSPS) is 12.5. The zero-order valence-corrected chi connectivity index (χ0v) is 21.5. The van der Waals surface area contributed by atoms with E-state index in [2.05, 4.69) is 0 Å². The summed E-state index contributed by atoms with van der Waals surface area (Å²) < 4.78 is 93.1. The van der Waals surface area contributed by atoms with Crippen molar-refractivity contribution in [2.24, 2.45) is 0 Å². The molecule has 3 rings (SSSR count). The first-order valence-electron chi connectivity index (χ1n) is 11.6. The van der Waals surface area contributed by atoms with E-state index in [0.717, 1.165) is 11.6 Å². The highest BCUT2D eigenvalue weighted by atomic mass is 35.5. The molecule has 0 N–H and O–H groups in total. The first-order valence-corrected chi connectivity index (χ1v) is 11.9. The molecule has 204 valence electrons. The predicted octanol–water partition coefficient (Wildman–Crippen LogP) is 8.70. The third kappa shape index (κ3) is 7.49. The van der Waals surface area contributed by atoms with Crippen LogP contribution in [0.15, 0.2) is 60.7 Å². The van der Waals surface area contributed by atoms with E-state index in [0.29, 0.717) is 29.8 Å². The second kappa shape index (κ2) is 11.0. The maximum Gasteiger partial charge on any atom is 0.419 e. The Morgan fingerprint density at radius 2 is 1.39 bits per heavy atom. The van der Waals surface area contributed by atoms with Gasteiger partial charge in [-0.3, -0.25) is 4.79 Å². The lowest BCUT2D eigenvalue weighted by atomic mass is 9.87. The van der Waals surface area contributed by atoms with Crippen LogP contribution in [0.2, 0.25) is 5.02 Å². The van der Waals surface area contributed by atoms with Gasteiger partial charge in [-0.1, -0.05) is 62.7 Å². The Balaban J connectivity index is 1.94. The lowest BCUT2D eigenvalue weighted by Crippen LogP contribution is -2.33. The maximum absolute atomic E-state index is 13.7. The average Bonchev–Trinajstić information content (AvgIpc) is 2.80. The van der Waals surface area contributed by atoms with Crippen molar-refractivity contribution in [1.29, 1.82) is 0 Å². The molecule has 0 atom stereocenters. The van der Waals surface area contributed by atoms with Gasteiger partial charge in [0.05, 0.1) is 11.1 Å². The number of hydrogen-bond acceptors (Lipinski definition) is 1. The molecule has 0 heterocycles. The number of nitrogens with zero attached hydrogens (tertiary/aromatic N) is 1. The number of hydrogen-bond donors (Lipinski definition) is 0. The number of carbonyl (C=O) groups excluding carboxylic acids is 1. The third-order valence-corrected chi connectivity index (χ3v) is 6.18. The van der Waals surface area contributed by atoms with Crippen molar-refractivity contribution in [2.75, 3.05) is 6.54 Å². The quantitative estimate of drug-likeness (QED) is 0.277. The fourth-order valence-corrected chi connectivity index (χ4v) is 4.09. The smallest absolute Gasteiger partial charge is 0.334 e. The summed E-state index contributed by atoms with van der Waals surface area (Å²) in [6, 6.07) is 12.3. The Kier molecular flexibility index (Phi) is 8.51. The molecule has 1 amide bonds. The minimum Gasteiger partial charge on any atom is -0.334 e. The minimum absolute atomic E-state index is 0.0234. The van der Waals surface area contributed by atoms with E-state index >= 15 is 0 Å². The van der Waals surface area contributed by atoms with Crippen LogP contribution in [0.25, 0.3) is 0 Å². The summed E-state index contributed by atoms with van der Waals surface area (Å²) in [5.74, 6) is -2.21. The van der Waals surface area contributed by atoms with Gasteiger partial charge in [-0.25, -0.2) is 4.39 Å². The van der Waals surface area contributed by atoms with Crippen LogP contribution in [-0.4, -0.2) is 17.4 Å². The van der Waals surface area contributed by atoms with Crippen LogP contribution in [0.1, 0.15) is 58.9 Å². The lowest BCUT2D eigenvalue weighted by molar-refractivity contribution is -0.140. The maximum atomic E-state index is 13.7. The van der Waals surface area contributed by atoms with Crippen molar-refractivity contribution < 1.29 is 35.5 Å². The highest BCUT2D eigenvalue weighted by Gasteiger charge is 2.34. The second-order valence-corrected chi connectivity index (χ2v) is 10.4. The Hall–Kier alpha value is -3.07. The summed E-state index contributed by atoms with van der Waals surface area (Å²) >= 11 is 5.86. The summed E-state index contributed by atoms with van der Waals surface area (Å²) in [6.45, 7) is 5.90. The van der Waals surface area contributed by atoms with Crippen LogP contribution in [0.3, 0.4) is 0 Å². The van der Waals surface area contributed by atoms with E-state index < -0.39 is 35.2 Å². The number of halogens is 8. The molecule has 0 unspecified atom stereocenters. The standard InChI is InChI=1S/C28H25ClF7NO/c1-26(2,3)20-7-4-18(5-8-20)16-37(11-10-17-6-9-24(30)23(12-17)28(34,35)36)25(38)19-13-21(27(31,32)33)15-22(29)14-19/h4-9,12-15H,10-11,16H2,1-3H3. The van der Waals surface area contributed by atoms with Gasteiger partial charge in [-0.15, -0.1) is 0 Å². The first kappa shape index (κ1) is 29.5. The van der Waals surface area contributed by atoms with E-state index in [1.54, 1.807) is 12.1 Å². The molecule has 0 saturated heterocycles. The van der Waals surface area contributed by atoms with Crippen LogP contribution in [0, 0.1) is 5.82 Å². The van der Waals surface area contributed by atoms with Gasteiger partial charge in [0.15, 0.2) is 0 Å². The minimum atomic E-state index is -4.90. The molecule has 0 aliphatic rings. The molecular weight excluding hydrogens is 535 g/mol. The molecule has 0 saturated carbocycles. The summed E-state index contributed by atoms with van der Waals surface area (Å²) in [7, 11) is 0. The molecule has 0 aromatic heterocycles. The molecule has 0 bridgehead atoms. The van der Waals surface area contributed by atoms with Crippen molar-refractivity contribution in [2.45, 2.75) is 51.5 Å². The number of benzene rings is 3. The van der Waals surface area contributed by atoms with Gasteiger partial charge in [0.2, 0.25) is 0 Å². The zero-order valence-electron chi connectivity index (χ0n) is 20.8. The number of alkyl halides is 6. The number of carbonyl (C=O) groups is 1. The fourth-order valence-electron chi connectivity index (χ4n) is 3.85. The molecule has 3 aromatic rings. The van der Waals surface area contributed by atoms with E-state index in [4.69, 9.17) is 11.6 Å². The Labute approximate surface area is 221 Å². The highest BCUT2D eigenvalue weighted by molar-refractivity contribution is 6.31. The van der Waals surface area contributed by atoms with Crippen molar-refractivity contribution in [3.63, 3.8) is 0 Å². The van der Waals surface area contributed by atoms with Gasteiger partial charge in [-0.2, -0.15) is 26.3 Å². The molecule has 2 nitrogen and oxygen atoms in total. The van der Waals surface area contributed by atoms with E-state index in [1.807, 2.05) is 32.9 Å². The summed E-state index contributed by atoms with van der Waals surface area (Å²) in [4.78, 5) is 14.6. The molecule has 38 heavy (non-hydrogen) atoms. The number of rotatable bonds is 6. The molecule has 0 aliphatic carbocycles. The Morgan fingerprint density at radius 1 is 0.789 bits per heavy atom. The van der Waals surface area contributed by atoms with Crippen molar-refractivity contribution in [1.82, 2.24) is 4.90 Å². The molecule has 10 heteroatoms. The molecule has 0 radical (unpaired) electrons. The molecule has 3 aromatic carbocycles. The molecule has 0 aliphatic heterocycles. The van der Waals surface area contributed by atoms with E-state index in [1.165, 1.54) is 11.0 Å². The van der Waals surface area contributed by atoms with Gasteiger partial charge in [-0.05, 0) is 58.9 Å². The average molecular weight is 560 g/mol. The Bertz CT molecular complexity index is 1290. The van der Waals surface area contributed by atoms with Gasteiger partial charge < -0.3 is 4.90 Å². The van der Waals surface area contributed by atoms with Crippen LogP contribution >= 0.6 is 11.6 Å². The largest absolute Gasteiger partial charge is 0.419 e. The van der Waals surface area contributed by atoms with E-state index in [9.17, 15) is 35.5 Å². The third-order valence-electron chi connectivity index (χ3n) is 5.96. The van der Waals surface area contributed by atoms with Crippen molar-refractivity contribution in [3.05, 3.63) is 105 Å². The SMILES string of the molecule is CC(C)(C)c1ccc(CN(CCc2ccc(F)c(C(F)(F)F)c2)C(=O)c2cc(Cl)cc(C(F)(F)F)c2)cc1. The van der Waals surface area contributed by atoms with Crippen LogP contribution < -0.4 is 0 Å². The first-order chi connectivity index (χ1) is 17.4. The van der Waals surface area contributed by atoms with Crippen LogP contribution in [-0.2, 0) is 30.7 Å². The summed E-state index contributed by atoms with van der Waals surface area (Å²) in [5, 5.41) is -0.286. The molecule has 0 fully saturated rings. The summed E-state index contributed by atoms with van der Waals surface area (Å²) in [6.07, 6.45) is -9.74. The Morgan fingerprint density at radius 3 is 1.95 bits per heavy atom. The summed E-state index contributed by atoms with van der Waals surface area (Å²) in [5.41, 5.74) is -1.18. The fraction of sp³-hybridized carbons (Fsp3) is 0.321. The van der Waals surface area contributed by atoms with Crippen molar-refractivity contribution in [3.8, 4) is 0 Å². The van der Waals surface area contributed by atoms with Crippen LogP contribution in [0.5, 0.6) is 0 Å². The zero-order chi connectivity index (χ0) is 28.5. The second-order valence-electron chi connectivity index (χ2n) is 9.96. The molecular formula is C28H25ClF7NO. The topological polar surface area (TPSA) is 20.3 Å². The van der Waals surface area contributed by atoms with Gasteiger partial charge in [0.25, 0.3) is 5.91 Å². The highest BCUT2D eigenvalue weighted by Crippen LogP contribution is 2.33. The number of amides is 1. The van der Waals surface area contributed by atoms with E-state index in [-0.39, 0.29) is 41.1 Å². The molecule has 0 spiro atoms. The van der Waals surface area contributed by atoms with Crippen molar-refractivity contribution >= 4 is 17.5 Å². The van der Waals surface area contributed by atoms with Crippen LogP contribution in [0.4, 0.5) is 30.7 Å². The van der Waals surface area contributed by atoms with Gasteiger partial charge in [0, 0.05) is 23.7 Å². The monoisotopic (exact) mass is 559 g/mol. The predicted molar refractivity (Wildman–Crippen MR) is 131 cm³/mol.